The number of methoxy groups -OCH3 is 2. The SMILES string of the molecule is COc1ccc(C(CN)NC2CCCC2)c(OC)c1. The third-order valence-electron chi connectivity index (χ3n) is 3.84. The number of rotatable bonds is 6. The topological polar surface area (TPSA) is 56.5 Å². The molecule has 19 heavy (non-hydrogen) atoms. The van der Waals surface area contributed by atoms with Crippen molar-refractivity contribution < 1.29 is 9.47 Å². The van der Waals surface area contributed by atoms with Gasteiger partial charge in [-0.2, -0.15) is 0 Å². The highest BCUT2D eigenvalue weighted by atomic mass is 16.5. The van der Waals surface area contributed by atoms with Crippen molar-refractivity contribution in [2.24, 2.45) is 5.73 Å². The highest BCUT2D eigenvalue weighted by Crippen LogP contribution is 2.30. The van der Waals surface area contributed by atoms with Crippen LogP contribution in [0.25, 0.3) is 0 Å². The number of nitrogens with two attached hydrogens (primary N) is 1. The Labute approximate surface area is 115 Å². The summed E-state index contributed by atoms with van der Waals surface area (Å²) in [5.41, 5.74) is 7.04. The van der Waals surface area contributed by atoms with Crippen LogP contribution in [-0.2, 0) is 0 Å². The molecular weight excluding hydrogens is 240 g/mol. The van der Waals surface area contributed by atoms with Crippen LogP contribution in [0.4, 0.5) is 0 Å². The summed E-state index contributed by atoms with van der Waals surface area (Å²) in [4.78, 5) is 0. The van der Waals surface area contributed by atoms with Crippen LogP contribution >= 0.6 is 0 Å². The fourth-order valence-corrected chi connectivity index (χ4v) is 2.77. The number of ether oxygens (including phenoxy) is 2. The van der Waals surface area contributed by atoms with Crippen molar-refractivity contribution in [3.05, 3.63) is 23.8 Å². The Hall–Kier alpha value is -1.26. The third kappa shape index (κ3) is 3.39. The van der Waals surface area contributed by atoms with E-state index in [0.717, 1.165) is 17.1 Å². The van der Waals surface area contributed by atoms with Crippen molar-refractivity contribution >= 4 is 0 Å². The van der Waals surface area contributed by atoms with Gasteiger partial charge in [-0.25, -0.2) is 0 Å². The van der Waals surface area contributed by atoms with E-state index in [-0.39, 0.29) is 6.04 Å². The van der Waals surface area contributed by atoms with E-state index in [9.17, 15) is 0 Å². The van der Waals surface area contributed by atoms with Crippen molar-refractivity contribution in [3.8, 4) is 11.5 Å². The zero-order valence-corrected chi connectivity index (χ0v) is 11.8. The van der Waals surface area contributed by atoms with E-state index in [0.29, 0.717) is 12.6 Å². The van der Waals surface area contributed by atoms with Gasteiger partial charge in [0.1, 0.15) is 11.5 Å². The maximum Gasteiger partial charge on any atom is 0.127 e. The minimum Gasteiger partial charge on any atom is -0.497 e. The molecule has 4 nitrogen and oxygen atoms in total. The molecule has 0 spiro atoms. The molecule has 1 aliphatic carbocycles. The number of hydrogen-bond donors (Lipinski definition) is 2. The maximum atomic E-state index is 5.93. The van der Waals surface area contributed by atoms with Gasteiger partial charge < -0.3 is 20.5 Å². The van der Waals surface area contributed by atoms with E-state index < -0.39 is 0 Å². The van der Waals surface area contributed by atoms with Crippen LogP contribution in [0, 0.1) is 0 Å². The molecule has 0 amide bonds. The summed E-state index contributed by atoms with van der Waals surface area (Å²) < 4.78 is 10.7. The van der Waals surface area contributed by atoms with Crippen molar-refractivity contribution in [2.45, 2.75) is 37.8 Å². The summed E-state index contributed by atoms with van der Waals surface area (Å²) in [5.74, 6) is 1.64. The Morgan fingerprint density at radius 3 is 2.58 bits per heavy atom. The van der Waals surface area contributed by atoms with E-state index in [1.807, 2.05) is 18.2 Å². The molecule has 0 radical (unpaired) electrons. The second-order valence-electron chi connectivity index (χ2n) is 5.04. The molecule has 0 heterocycles. The van der Waals surface area contributed by atoms with E-state index in [2.05, 4.69) is 5.32 Å². The van der Waals surface area contributed by atoms with Gasteiger partial charge in [-0.3, -0.25) is 0 Å². The highest BCUT2D eigenvalue weighted by Gasteiger charge is 2.21. The second kappa shape index (κ2) is 6.78. The third-order valence-corrected chi connectivity index (χ3v) is 3.84. The Balaban J connectivity index is 2.16. The summed E-state index contributed by atoms with van der Waals surface area (Å²) in [6, 6.07) is 6.63. The summed E-state index contributed by atoms with van der Waals surface area (Å²) in [5, 5.41) is 3.65. The van der Waals surface area contributed by atoms with Gasteiger partial charge in [0.05, 0.1) is 14.2 Å². The van der Waals surface area contributed by atoms with E-state index in [1.165, 1.54) is 25.7 Å². The molecule has 1 unspecified atom stereocenters. The van der Waals surface area contributed by atoms with Crippen molar-refractivity contribution in [1.82, 2.24) is 5.32 Å². The first-order chi connectivity index (χ1) is 9.28. The second-order valence-corrected chi connectivity index (χ2v) is 5.04. The summed E-state index contributed by atoms with van der Waals surface area (Å²) in [6.45, 7) is 0.569. The van der Waals surface area contributed by atoms with Crippen LogP contribution in [0.1, 0.15) is 37.3 Å². The fourth-order valence-electron chi connectivity index (χ4n) is 2.77. The molecule has 1 atom stereocenters. The average Bonchev–Trinajstić information content (AvgIpc) is 2.97. The molecule has 1 fully saturated rings. The molecule has 2 rings (SSSR count). The molecule has 0 aliphatic heterocycles. The van der Waals surface area contributed by atoms with Crippen molar-refractivity contribution in [2.75, 3.05) is 20.8 Å². The van der Waals surface area contributed by atoms with Gasteiger partial charge in [0, 0.05) is 30.3 Å². The maximum absolute atomic E-state index is 5.93. The van der Waals surface area contributed by atoms with Gasteiger partial charge >= 0.3 is 0 Å². The van der Waals surface area contributed by atoms with Crippen LogP contribution in [0.15, 0.2) is 18.2 Å². The molecule has 1 saturated carbocycles. The first-order valence-corrected chi connectivity index (χ1v) is 6.96. The molecule has 0 saturated heterocycles. The minimum absolute atomic E-state index is 0.143. The number of benzene rings is 1. The van der Waals surface area contributed by atoms with Crippen LogP contribution in [0.3, 0.4) is 0 Å². The van der Waals surface area contributed by atoms with E-state index in [4.69, 9.17) is 15.2 Å². The van der Waals surface area contributed by atoms with Crippen molar-refractivity contribution in [3.63, 3.8) is 0 Å². The molecule has 1 aromatic carbocycles. The fraction of sp³-hybridized carbons (Fsp3) is 0.600. The molecule has 0 aromatic heterocycles. The largest absolute Gasteiger partial charge is 0.497 e. The number of nitrogens with one attached hydrogen (secondary N) is 1. The normalized spacial score (nSPS) is 17.4. The Morgan fingerprint density at radius 1 is 1.26 bits per heavy atom. The predicted octanol–water partition coefficient (Wildman–Crippen LogP) is 2.24. The monoisotopic (exact) mass is 264 g/mol. The molecule has 4 heteroatoms. The van der Waals surface area contributed by atoms with Gasteiger partial charge in [-0.1, -0.05) is 18.9 Å². The van der Waals surface area contributed by atoms with Crippen LogP contribution in [0.2, 0.25) is 0 Å². The van der Waals surface area contributed by atoms with E-state index in [1.54, 1.807) is 14.2 Å². The lowest BCUT2D eigenvalue weighted by Gasteiger charge is -2.24. The standard InChI is InChI=1S/C15H24N2O2/c1-18-12-7-8-13(15(9-12)19-2)14(10-16)17-11-5-3-4-6-11/h7-9,11,14,17H,3-6,10,16H2,1-2H3. The van der Waals surface area contributed by atoms with Gasteiger partial charge in [0.15, 0.2) is 0 Å². The smallest absolute Gasteiger partial charge is 0.127 e. The van der Waals surface area contributed by atoms with Gasteiger partial charge in [-0.05, 0) is 18.9 Å². The summed E-state index contributed by atoms with van der Waals surface area (Å²) >= 11 is 0. The molecule has 0 bridgehead atoms. The van der Waals surface area contributed by atoms with Crippen LogP contribution in [0.5, 0.6) is 11.5 Å². The summed E-state index contributed by atoms with van der Waals surface area (Å²) in [6.07, 6.45) is 5.12. The van der Waals surface area contributed by atoms with Gasteiger partial charge in [0.25, 0.3) is 0 Å². The first kappa shape index (κ1) is 14.2. The quantitative estimate of drug-likeness (QED) is 0.827. The zero-order chi connectivity index (χ0) is 13.7. The lowest BCUT2D eigenvalue weighted by Crippen LogP contribution is -2.35. The van der Waals surface area contributed by atoms with Gasteiger partial charge in [0.2, 0.25) is 0 Å². The lowest BCUT2D eigenvalue weighted by molar-refractivity contribution is 0.377. The minimum atomic E-state index is 0.143. The zero-order valence-electron chi connectivity index (χ0n) is 11.8. The average molecular weight is 264 g/mol. The van der Waals surface area contributed by atoms with E-state index >= 15 is 0 Å². The molecule has 106 valence electrons. The first-order valence-electron chi connectivity index (χ1n) is 6.96. The van der Waals surface area contributed by atoms with Crippen LogP contribution in [-0.4, -0.2) is 26.8 Å². The predicted molar refractivity (Wildman–Crippen MR) is 76.7 cm³/mol. The highest BCUT2D eigenvalue weighted by molar-refractivity contribution is 5.42. The Bertz CT molecular complexity index is 403. The van der Waals surface area contributed by atoms with Crippen LogP contribution < -0.4 is 20.5 Å². The Morgan fingerprint density at radius 2 is 2.00 bits per heavy atom. The molecule has 3 N–H and O–H groups in total. The Kier molecular flexibility index (Phi) is 5.05. The van der Waals surface area contributed by atoms with Gasteiger partial charge in [-0.15, -0.1) is 0 Å². The summed E-state index contributed by atoms with van der Waals surface area (Å²) in [7, 11) is 3.34. The molecule has 1 aliphatic rings. The molecular formula is C15H24N2O2. The van der Waals surface area contributed by atoms with Crippen molar-refractivity contribution in [1.29, 1.82) is 0 Å². The lowest BCUT2D eigenvalue weighted by atomic mass is 10.0. The number of hydrogen-bond acceptors (Lipinski definition) is 4. The molecule has 1 aromatic rings.